The van der Waals surface area contributed by atoms with Crippen molar-refractivity contribution < 1.29 is 13.6 Å². The van der Waals surface area contributed by atoms with Crippen molar-refractivity contribution in [3.63, 3.8) is 0 Å². The summed E-state index contributed by atoms with van der Waals surface area (Å²) in [5, 5.41) is 2.53. The van der Waals surface area contributed by atoms with Gasteiger partial charge in [0.1, 0.15) is 12.1 Å². The topological polar surface area (TPSA) is 54.9 Å². The van der Waals surface area contributed by atoms with Gasteiger partial charge >= 0.3 is 0 Å². The van der Waals surface area contributed by atoms with E-state index in [9.17, 15) is 13.6 Å². The largest absolute Gasteiger partial charge is 0.311 e. The Labute approximate surface area is 91.4 Å². The van der Waals surface area contributed by atoms with Gasteiger partial charge in [0.05, 0.1) is 0 Å². The number of hydrogen-bond acceptors (Lipinski definition) is 3. The fourth-order valence-corrected chi connectivity index (χ4v) is 1.04. The second-order valence-electron chi connectivity index (χ2n) is 3.03. The minimum absolute atomic E-state index is 0.188. The van der Waals surface area contributed by atoms with Crippen LogP contribution in [0.2, 0.25) is 0 Å². The number of nitrogens with zero attached hydrogens (tertiary/aromatic N) is 2. The second-order valence-corrected chi connectivity index (χ2v) is 3.03. The van der Waals surface area contributed by atoms with E-state index in [-0.39, 0.29) is 18.7 Å². The molecule has 1 amide bonds. The molecule has 0 bridgehead atoms. The molecule has 0 aliphatic carbocycles. The molecular weight excluding hydrogens is 216 g/mol. The maximum Gasteiger partial charge on any atom is 0.266 e. The standard InChI is InChI=1S/C10H11F2N3O/c11-8(12)3-1-2-4-10(16)15-9-5-6-13-7-14-9/h3,5-7H,1-2,4H2,(H,13,14,15,16). The average molecular weight is 227 g/mol. The maximum absolute atomic E-state index is 11.6. The molecule has 1 N–H and O–H groups in total. The van der Waals surface area contributed by atoms with E-state index in [2.05, 4.69) is 15.3 Å². The first-order chi connectivity index (χ1) is 7.68. The van der Waals surface area contributed by atoms with Crippen LogP contribution in [-0.2, 0) is 4.79 Å². The number of rotatable bonds is 5. The van der Waals surface area contributed by atoms with Gasteiger partial charge in [-0.25, -0.2) is 9.97 Å². The van der Waals surface area contributed by atoms with E-state index in [1.165, 1.54) is 12.5 Å². The zero-order valence-corrected chi connectivity index (χ0v) is 8.49. The summed E-state index contributed by atoms with van der Waals surface area (Å²) in [7, 11) is 0. The number of carbonyl (C=O) groups excluding carboxylic acids is 1. The van der Waals surface area contributed by atoms with Crippen molar-refractivity contribution in [3.05, 3.63) is 30.7 Å². The molecule has 16 heavy (non-hydrogen) atoms. The third-order valence-electron chi connectivity index (χ3n) is 1.76. The second kappa shape index (κ2) is 6.60. The molecule has 0 aliphatic rings. The first-order valence-corrected chi connectivity index (χ1v) is 4.75. The molecule has 0 aromatic carbocycles. The Bertz CT molecular complexity index is 364. The quantitative estimate of drug-likeness (QED) is 0.785. The van der Waals surface area contributed by atoms with Gasteiger partial charge in [-0.15, -0.1) is 0 Å². The van der Waals surface area contributed by atoms with Crippen molar-refractivity contribution in [2.45, 2.75) is 19.3 Å². The zero-order valence-electron chi connectivity index (χ0n) is 8.49. The fraction of sp³-hybridized carbons (Fsp3) is 0.300. The first-order valence-electron chi connectivity index (χ1n) is 4.75. The van der Waals surface area contributed by atoms with Crippen molar-refractivity contribution in [2.24, 2.45) is 0 Å². The summed E-state index contributed by atoms with van der Waals surface area (Å²) >= 11 is 0. The Hall–Kier alpha value is -1.85. The Morgan fingerprint density at radius 3 is 2.94 bits per heavy atom. The molecule has 1 aromatic heterocycles. The van der Waals surface area contributed by atoms with Crippen molar-refractivity contribution in [3.8, 4) is 0 Å². The van der Waals surface area contributed by atoms with Crippen LogP contribution in [0.15, 0.2) is 30.7 Å². The SMILES string of the molecule is O=C(CCCC=C(F)F)Nc1ccncn1. The maximum atomic E-state index is 11.6. The molecule has 0 saturated carbocycles. The van der Waals surface area contributed by atoms with Gasteiger partial charge in [-0.1, -0.05) is 0 Å². The summed E-state index contributed by atoms with van der Waals surface area (Å²) in [4.78, 5) is 18.8. The normalized spacial score (nSPS) is 9.62. The van der Waals surface area contributed by atoms with Crippen LogP contribution in [-0.4, -0.2) is 15.9 Å². The highest BCUT2D eigenvalue weighted by molar-refractivity contribution is 5.89. The lowest BCUT2D eigenvalue weighted by Gasteiger charge is -2.02. The highest BCUT2D eigenvalue weighted by Crippen LogP contribution is 2.05. The molecule has 0 aliphatic heterocycles. The molecule has 1 heterocycles. The summed E-state index contributed by atoms with van der Waals surface area (Å²) in [5.74, 6) is 0.165. The molecule has 0 unspecified atom stereocenters. The molecule has 0 radical (unpaired) electrons. The molecule has 1 rings (SSSR count). The van der Waals surface area contributed by atoms with Crippen molar-refractivity contribution in [1.82, 2.24) is 9.97 Å². The Kier molecular flexibility index (Phi) is 5.04. The number of allylic oxidation sites excluding steroid dienone is 1. The predicted molar refractivity (Wildman–Crippen MR) is 54.8 cm³/mol. The van der Waals surface area contributed by atoms with Gasteiger partial charge in [0, 0.05) is 12.6 Å². The summed E-state index contributed by atoms with van der Waals surface area (Å²) in [6, 6.07) is 1.55. The monoisotopic (exact) mass is 227 g/mol. The van der Waals surface area contributed by atoms with E-state index in [1.54, 1.807) is 6.07 Å². The third-order valence-corrected chi connectivity index (χ3v) is 1.76. The van der Waals surface area contributed by atoms with E-state index in [0.29, 0.717) is 12.2 Å². The molecule has 0 spiro atoms. The molecule has 86 valence electrons. The van der Waals surface area contributed by atoms with E-state index >= 15 is 0 Å². The van der Waals surface area contributed by atoms with E-state index < -0.39 is 6.08 Å². The summed E-state index contributed by atoms with van der Waals surface area (Å²) < 4.78 is 23.3. The molecular formula is C10H11F2N3O. The lowest BCUT2D eigenvalue weighted by atomic mass is 10.2. The summed E-state index contributed by atoms with van der Waals surface area (Å²) in [6.45, 7) is 0. The first kappa shape index (κ1) is 12.2. The van der Waals surface area contributed by atoms with Gasteiger partial charge in [0.25, 0.3) is 6.08 Å². The number of anilines is 1. The number of carbonyl (C=O) groups is 1. The van der Waals surface area contributed by atoms with E-state index in [1.807, 2.05) is 0 Å². The van der Waals surface area contributed by atoms with Gasteiger partial charge in [0.2, 0.25) is 5.91 Å². The van der Waals surface area contributed by atoms with Crippen LogP contribution in [0.3, 0.4) is 0 Å². The number of halogens is 2. The number of hydrogen-bond donors (Lipinski definition) is 1. The van der Waals surface area contributed by atoms with E-state index in [4.69, 9.17) is 0 Å². The Morgan fingerprint density at radius 2 is 2.31 bits per heavy atom. The van der Waals surface area contributed by atoms with Crippen LogP contribution in [0.4, 0.5) is 14.6 Å². The molecule has 4 nitrogen and oxygen atoms in total. The van der Waals surface area contributed by atoms with Crippen LogP contribution < -0.4 is 5.32 Å². The highest BCUT2D eigenvalue weighted by Gasteiger charge is 2.02. The molecule has 0 fully saturated rings. The van der Waals surface area contributed by atoms with Crippen LogP contribution in [0.25, 0.3) is 0 Å². The van der Waals surface area contributed by atoms with Gasteiger partial charge < -0.3 is 5.32 Å². The Balaban J connectivity index is 2.24. The summed E-state index contributed by atoms with van der Waals surface area (Å²) in [5.41, 5.74) is 0. The summed E-state index contributed by atoms with van der Waals surface area (Å²) in [6.07, 6.45) is 2.68. The zero-order chi connectivity index (χ0) is 11.8. The molecule has 0 saturated heterocycles. The number of aromatic nitrogens is 2. The third kappa shape index (κ3) is 5.14. The van der Waals surface area contributed by atoms with Crippen LogP contribution >= 0.6 is 0 Å². The highest BCUT2D eigenvalue weighted by atomic mass is 19.3. The number of nitrogens with one attached hydrogen (secondary N) is 1. The minimum atomic E-state index is -1.71. The molecule has 0 atom stereocenters. The molecule has 1 aromatic rings. The van der Waals surface area contributed by atoms with Crippen LogP contribution in [0.5, 0.6) is 0 Å². The van der Waals surface area contributed by atoms with Crippen LogP contribution in [0.1, 0.15) is 19.3 Å². The van der Waals surface area contributed by atoms with E-state index in [0.717, 1.165) is 6.08 Å². The lowest BCUT2D eigenvalue weighted by Crippen LogP contribution is -2.11. The Morgan fingerprint density at radius 1 is 1.50 bits per heavy atom. The van der Waals surface area contributed by atoms with Crippen LogP contribution in [0, 0.1) is 0 Å². The van der Waals surface area contributed by atoms with Gasteiger partial charge in [-0.05, 0) is 25.0 Å². The van der Waals surface area contributed by atoms with Crippen molar-refractivity contribution in [2.75, 3.05) is 5.32 Å². The molecule has 6 heteroatoms. The minimum Gasteiger partial charge on any atom is -0.311 e. The number of amides is 1. The fourth-order valence-electron chi connectivity index (χ4n) is 1.04. The van der Waals surface area contributed by atoms with Crippen molar-refractivity contribution >= 4 is 11.7 Å². The van der Waals surface area contributed by atoms with Gasteiger partial charge in [-0.3, -0.25) is 4.79 Å². The van der Waals surface area contributed by atoms with Crippen molar-refractivity contribution in [1.29, 1.82) is 0 Å². The smallest absolute Gasteiger partial charge is 0.266 e. The predicted octanol–water partition coefficient (Wildman–Crippen LogP) is 2.37. The van der Waals surface area contributed by atoms with Gasteiger partial charge in [0.15, 0.2) is 0 Å². The van der Waals surface area contributed by atoms with Gasteiger partial charge in [-0.2, -0.15) is 8.78 Å². The lowest BCUT2D eigenvalue weighted by molar-refractivity contribution is -0.116. The average Bonchev–Trinajstić information content (AvgIpc) is 2.25. The number of unbranched alkanes of at least 4 members (excludes halogenated alkanes) is 1.